The summed E-state index contributed by atoms with van der Waals surface area (Å²) in [7, 11) is 0. The van der Waals surface area contributed by atoms with Gasteiger partial charge in [-0.1, -0.05) is 0 Å². The number of benzene rings is 1. The Balaban J connectivity index is 2.34. The number of carboxylic acid groups (broad SMARTS) is 1. The lowest BCUT2D eigenvalue weighted by atomic mass is 10.1. The first-order valence-corrected chi connectivity index (χ1v) is 7.99. The smallest absolute Gasteiger partial charge is 0.341 e. The maximum atomic E-state index is 15.1. The van der Waals surface area contributed by atoms with Gasteiger partial charge in [-0.25, -0.2) is 13.6 Å². The van der Waals surface area contributed by atoms with Crippen LogP contribution in [-0.4, -0.2) is 28.7 Å². The van der Waals surface area contributed by atoms with Gasteiger partial charge in [0.15, 0.2) is 5.82 Å². The highest BCUT2D eigenvalue weighted by Gasteiger charge is 2.25. The molecule has 1 aromatic heterocycles. The predicted octanol–water partition coefficient (Wildman–Crippen LogP) is 2.99. The van der Waals surface area contributed by atoms with Crippen molar-refractivity contribution in [3.8, 4) is 0 Å². The van der Waals surface area contributed by atoms with E-state index in [-0.39, 0.29) is 23.1 Å². The lowest BCUT2D eigenvalue weighted by Crippen LogP contribution is -2.31. The Hall–Kier alpha value is -2.44. The Morgan fingerprint density at radius 2 is 1.92 bits per heavy atom. The normalized spacial score (nSPS) is 15.0. The molecule has 0 spiro atoms. The van der Waals surface area contributed by atoms with Crippen molar-refractivity contribution in [3.05, 3.63) is 39.7 Å². The van der Waals surface area contributed by atoms with Crippen molar-refractivity contribution >= 4 is 22.6 Å². The van der Waals surface area contributed by atoms with Gasteiger partial charge in [-0.3, -0.25) is 4.79 Å². The van der Waals surface area contributed by atoms with Gasteiger partial charge in [0.1, 0.15) is 17.1 Å². The largest absolute Gasteiger partial charge is 0.477 e. The Bertz CT molecular complexity index is 870. The van der Waals surface area contributed by atoms with Gasteiger partial charge in [-0.15, -0.1) is 0 Å². The number of fused-ring (bicyclic) bond motifs is 1. The molecule has 3 rings (SSSR count). The minimum atomic E-state index is -1.41. The fraction of sp³-hybridized carbons (Fsp3) is 0.412. The summed E-state index contributed by atoms with van der Waals surface area (Å²) in [5.74, 6) is -3.04. The van der Waals surface area contributed by atoms with Crippen molar-refractivity contribution in [2.45, 2.75) is 32.7 Å². The summed E-state index contributed by atoms with van der Waals surface area (Å²) in [6.07, 6.45) is 3.85. The molecule has 1 aromatic carbocycles. The maximum Gasteiger partial charge on any atom is 0.341 e. The third-order valence-electron chi connectivity index (χ3n) is 4.47. The number of aromatic carboxylic acids is 1. The van der Waals surface area contributed by atoms with Gasteiger partial charge in [-0.2, -0.15) is 0 Å². The number of carboxylic acids is 1. The molecule has 0 unspecified atom stereocenters. The van der Waals surface area contributed by atoms with Gasteiger partial charge in [0.2, 0.25) is 5.43 Å². The first-order chi connectivity index (χ1) is 11.5. The number of nitrogens with zero attached hydrogens (tertiary/aromatic N) is 2. The topological polar surface area (TPSA) is 62.5 Å². The molecule has 1 saturated heterocycles. The van der Waals surface area contributed by atoms with Gasteiger partial charge >= 0.3 is 5.97 Å². The minimum absolute atomic E-state index is 0.0468. The van der Waals surface area contributed by atoms with E-state index in [0.717, 1.165) is 31.5 Å². The second-order valence-corrected chi connectivity index (χ2v) is 5.93. The average molecular weight is 336 g/mol. The van der Waals surface area contributed by atoms with Crippen LogP contribution in [0.15, 0.2) is 17.1 Å². The number of anilines is 1. The molecule has 0 saturated carbocycles. The van der Waals surface area contributed by atoms with E-state index in [2.05, 4.69) is 0 Å². The van der Waals surface area contributed by atoms with Crippen LogP contribution in [0, 0.1) is 11.6 Å². The molecule has 0 bridgehead atoms. The van der Waals surface area contributed by atoms with E-state index in [1.54, 1.807) is 11.8 Å². The van der Waals surface area contributed by atoms with Crippen LogP contribution < -0.4 is 10.3 Å². The highest BCUT2D eigenvalue weighted by molar-refractivity contribution is 5.93. The second-order valence-electron chi connectivity index (χ2n) is 5.93. The molecule has 7 heteroatoms. The molecule has 2 heterocycles. The molecule has 1 aliphatic heterocycles. The molecular weight excluding hydrogens is 318 g/mol. The fourth-order valence-electron chi connectivity index (χ4n) is 3.29. The van der Waals surface area contributed by atoms with Gasteiger partial charge in [0, 0.05) is 25.8 Å². The Kier molecular flexibility index (Phi) is 4.26. The molecule has 128 valence electrons. The molecule has 0 aliphatic carbocycles. The van der Waals surface area contributed by atoms with Gasteiger partial charge in [-0.05, 0) is 32.3 Å². The van der Waals surface area contributed by atoms with Crippen LogP contribution in [0.4, 0.5) is 14.5 Å². The summed E-state index contributed by atoms with van der Waals surface area (Å²) in [6, 6.07) is 0.962. The van der Waals surface area contributed by atoms with E-state index < -0.39 is 28.6 Å². The molecule has 0 radical (unpaired) electrons. The van der Waals surface area contributed by atoms with Crippen molar-refractivity contribution in [2.24, 2.45) is 0 Å². The monoisotopic (exact) mass is 336 g/mol. The van der Waals surface area contributed by atoms with Crippen molar-refractivity contribution in [3.63, 3.8) is 0 Å². The highest BCUT2D eigenvalue weighted by Crippen LogP contribution is 2.31. The van der Waals surface area contributed by atoms with Crippen LogP contribution in [0.1, 0.15) is 36.5 Å². The zero-order chi connectivity index (χ0) is 17.4. The van der Waals surface area contributed by atoms with E-state index >= 15 is 4.39 Å². The van der Waals surface area contributed by atoms with Gasteiger partial charge in [0.25, 0.3) is 0 Å². The maximum absolute atomic E-state index is 15.1. The van der Waals surface area contributed by atoms with E-state index in [4.69, 9.17) is 5.11 Å². The summed E-state index contributed by atoms with van der Waals surface area (Å²) < 4.78 is 31.0. The molecule has 24 heavy (non-hydrogen) atoms. The third-order valence-corrected chi connectivity index (χ3v) is 4.47. The zero-order valence-corrected chi connectivity index (χ0v) is 13.3. The molecule has 1 aliphatic rings. The number of aryl methyl sites for hydroxylation is 1. The Morgan fingerprint density at radius 3 is 2.50 bits per heavy atom. The number of halogens is 2. The first kappa shape index (κ1) is 16.4. The van der Waals surface area contributed by atoms with E-state index in [0.29, 0.717) is 13.1 Å². The van der Waals surface area contributed by atoms with Crippen LogP contribution in [0.2, 0.25) is 0 Å². The molecule has 0 atom stereocenters. The number of carbonyl (C=O) groups is 1. The fourth-order valence-corrected chi connectivity index (χ4v) is 3.29. The molecular formula is C17H18F2N2O3. The number of pyridine rings is 1. The predicted molar refractivity (Wildman–Crippen MR) is 86.8 cm³/mol. The highest BCUT2D eigenvalue weighted by atomic mass is 19.1. The van der Waals surface area contributed by atoms with Crippen molar-refractivity contribution in [2.75, 3.05) is 18.0 Å². The molecule has 1 N–H and O–H groups in total. The van der Waals surface area contributed by atoms with Crippen LogP contribution >= 0.6 is 0 Å². The first-order valence-electron chi connectivity index (χ1n) is 7.99. The van der Waals surface area contributed by atoms with Crippen LogP contribution in [0.5, 0.6) is 0 Å². The SMILES string of the molecule is CCn1cc(C(=O)O)c(=O)c2cc(F)c(N3CCCCC3)c(F)c21. The van der Waals surface area contributed by atoms with Gasteiger partial charge in [0.05, 0.1) is 10.9 Å². The van der Waals surface area contributed by atoms with E-state index in [9.17, 15) is 14.0 Å². The Morgan fingerprint density at radius 1 is 1.25 bits per heavy atom. The van der Waals surface area contributed by atoms with Crippen LogP contribution in [-0.2, 0) is 6.54 Å². The van der Waals surface area contributed by atoms with Crippen molar-refractivity contribution < 1.29 is 18.7 Å². The van der Waals surface area contributed by atoms with Gasteiger partial charge < -0.3 is 14.6 Å². The average Bonchev–Trinajstić information content (AvgIpc) is 2.56. The summed E-state index contributed by atoms with van der Waals surface area (Å²) in [4.78, 5) is 25.2. The quantitative estimate of drug-likeness (QED) is 0.936. The van der Waals surface area contributed by atoms with Crippen molar-refractivity contribution in [1.82, 2.24) is 4.57 Å². The van der Waals surface area contributed by atoms with E-state index in [1.165, 1.54) is 4.57 Å². The molecule has 0 amide bonds. The standard InChI is InChI=1S/C17H18F2N2O3/c1-2-20-9-11(17(23)24)16(22)10-8-12(18)15(13(19)14(10)20)21-6-4-3-5-7-21/h8-9H,2-7H2,1H3,(H,23,24). The van der Waals surface area contributed by atoms with Crippen molar-refractivity contribution in [1.29, 1.82) is 0 Å². The summed E-state index contributed by atoms with van der Waals surface area (Å²) in [5.41, 5.74) is -1.54. The van der Waals surface area contributed by atoms with Crippen LogP contribution in [0.25, 0.3) is 10.9 Å². The number of rotatable bonds is 3. The van der Waals surface area contributed by atoms with E-state index in [1.807, 2.05) is 0 Å². The zero-order valence-electron chi connectivity index (χ0n) is 13.3. The molecule has 5 nitrogen and oxygen atoms in total. The summed E-state index contributed by atoms with van der Waals surface area (Å²) in [6.45, 7) is 3.09. The third kappa shape index (κ3) is 2.53. The molecule has 1 fully saturated rings. The summed E-state index contributed by atoms with van der Waals surface area (Å²) in [5, 5.41) is 8.89. The number of hydrogen-bond donors (Lipinski definition) is 1. The summed E-state index contributed by atoms with van der Waals surface area (Å²) >= 11 is 0. The lowest BCUT2D eigenvalue weighted by Gasteiger charge is -2.30. The number of piperidine rings is 1. The number of aromatic nitrogens is 1. The molecule has 2 aromatic rings. The Labute approximate surface area is 137 Å². The minimum Gasteiger partial charge on any atom is -0.477 e. The second kappa shape index (κ2) is 6.22. The number of hydrogen-bond acceptors (Lipinski definition) is 3. The lowest BCUT2D eigenvalue weighted by molar-refractivity contribution is 0.0695. The van der Waals surface area contributed by atoms with Crippen LogP contribution in [0.3, 0.4) is 0 Å².